The second-order valence-electron chi connectivity index (χ2n) is 5.40. The first-order chi connectivity index (χ1) is 11.2. The van der Waals surface area contributed by atoms with E-state index in [4.69, 9.17) is 23.2 Å². The third kappa shape index (κ3) is 4.50. The van der Waals surface area contributed by atoms with Gasteiger partial charge in [-0.15, -0.1) is 0 Å². The fraction of sp³-hybridized carbons (Fsp3) is 0.235. The molecule has 2 aromatic rings. The zero-order chi connectivity index (χ0) is 17.9. The molecule has 128 valence electrons. The molecule has 0 saturated heterocycles. The minimum atomic E-state index is -3.42. The molecule has 0 saturated carbocycles. The first kappa shape index (κ1) is 18.8. The van der Waals surface area contributed by atoms with Gasteiger partial charge >= 0.3 is 0 Å². The minimum Gasteiger partial charge on any atom is -0.345 e. The van der Waals surface area contributed by atoms with Crippen molar-refractivity contribution in [1.82, 2.24) is 5.32 Å². The lowest BCUT2D eigenvalue weighted by molar-refractivity contribution is 0.0935. The van der Waals surface area contributed by atoms with Crippen molar-refractivity contribution in [3.05, 3.63) is 63.6 Å². The molecule has 7 heteroatoms. The van der Waals surface area contributed by atoms with Gasteiger partial charge in [-0.2, -0.15) is 0 Å². The van der Waals surface area contributed by atoms with Crippen molar-refractivity contribution >= 4 is 38.9 Å². The number of benzene rings is 2. The second kappa shape index (κ2) is 7.55. The maximum atomic E-state index is 12.5. The van der Waals surface area contributed by atoms with E-state index in [9.17, 15) is 13.2 Å². The average molecular weight is 386 g/mol. The van der Waals surface area contributed by atoms with E-state index in [2.05, 4.69) is 5.32 Å². The van der Waals surface area contributed by atoms with Crippen LogP contribution in [0.3, 0.4) is 0 Å². The second-order valence-corrected chi connectivity index (χ2v) is 8.26. The summed E-state index contributed by atoms with van der Waals surface area (Å²) in [6.07, 6.45) is 1.75. The van der Waals surface area contributed by atoms with Crippen LogP contribution in [-0.2, 0) is 9.84 Å². The van der Waals surface area contributed by atoms with E-state index < -0.39 is 15.7 Å². The predicted molar refractivity (Wildman–Crippen MR) is 96.5 cm³/mol. The molecule has 1 unspecified atom stereocenters. The number of nitrogens with one attached hydrogen (secondary N) is 1. The van der Waals surface area contributed by atoms with E-state index in [1.165, 1.54) is 18.2 Å². The molecule has 4 nitrogen and oxygen atoms in total. The highest BCUT2D eigenvalue weighted by molar-refractivity contribution is 7.90. The summed E-state index contributed by atoms with van der Waals surface area (Å²) in [6, 6.07) is 11.0. The SMILES string of the molecule is CCC(NC(=O)c1cc(S(C)(=O)=O)ccc1Cl)c1ccc(Cl)cc1. The zero-order valence-electron chi connectivity index (χ0n) is 13.2. The first-order valence-electron chi connectivity index (χ1n) is 7.28. The summed E-state index contributed by atoms with van der Waals surface area (Å²) in [5, 5.41) is 3.69. The largest absolute Gasteiger partial charge is 0.345 e. The van der Waals surface area contributed by atoms with Gasteiger partial charge in [-0.25, -0.2) is 8.42 Å². The minimum absolute atomic E-state index is 0.0524. The van der Waals surface area contributed by atoms with Crippen molar-refractivity contribution in [3.8, 4) is 0 Å². The van der Waals surface area contributed by atoms with Crippen molar-refractivity contribution in [2.75, 3.05) is 6.26 Å². The van der Waals surface area contributed by atoms with Gasteiger partial charge in [0.15, 0.2) is 9.84 Å². The van der Waals surface area contributed by atoms with E-state index in [0.717, 1.165) is 11.8 Å². The third-order valence-electron chi connectivity index (χ3n) is 3.60. The Morgan fingerprint density at radius 3 is 2.29 bits per heavy atom. The maximum Gasteiger partial charge on any atom is 0.253 e. The van der Waals surface area contributed by atoms with Gasteiger partial charge in [0.05, 0.1) is 21.5 Å². The standard InChI is InChI=1S/C17H17Cl2NO3S/c1-3-16(11-4-6-12(18)7-5-11)20-17(21)14-10-13(24(2,22)23)8-9-15(14)19/h4-10,16H,3H2,1-2H3,(H,20,21). The van der Waals surface area contributed by atoms with E-state index in [-0.39, 0.29) is 21.5 Å². The van der Waals surface area contributed by atoms with Crippen molar-refractivity contribution in [3.63, 3.8) is 0 Å². The van der Waals surface area contributed by atoms with E-state index in [0.29, 0.717) is 11.4 Å². The number of halogens is 2. The Balaban J connectivity index is 2.29. The lowest BCUT2D eigenvalue weighted by atomic mass is 10.0. The Kier molecular flexibility index (Phi) is 5.91. The maximum absolute atomic E-state index is 12.5. The molecule has 0 aliphatic heterocycles. The highest BCUT2D eigenvalue weighted by Gasteiger charge is 2.19. The summed E-state index contributed by atoms with van der Waals surface area (Å²) in [5.74, 6) is -0.424. The molecule has 2 aromatic carbocycles. The van der Waals surface area contributed by atoms with Crippen molar-refractivity contribution in [2.45, 2.75) is 24.3 Å². The van der Waals surface area contributed by atoms with Gasteiger partial charge < -0.3 is 5.32 Å². The molecule has 1 N–H and O–H groups in total. The molecule has 0 radical (unpaired) electrons. The predicted octanol–water partition coefficient (Wildman–Crippen LogP) is 4.28. The van der Waals surface area contributed by atoms with Crippen molar-refractivity contribution in [2.24, 2.45) is 0 Å². The Labute approximate surface area is 151 Å². The number of hydrogen-bond donors (Lipinski definition) is 1. The van der Waals surface area contributed by atoms with Crippen LogP contribution < -0.4 is 5.32 Å². The van der Waals surface area contributed by atoms with Gasteiger partial charge in [0.1, 0.15) is 0 Å². The highest BCUT2D eigenvalue weighted by Crippen LogP contribution is 2.23. The lowest BCUT2D eigenvalue weighted by Crippen LogP contribution is -2.28. The monoisotopic (exact) mass is 385 g/mol. The molecule has 0 aromatic heterocycles. The Morgan fingerprint density at radius 2 is 1.75 bits per heavy atom. The van der Waals surface area contributed by atoms with Gasteiger partial charge in [-0.05, 0) is 42.3 Å². The van der Waals surface area contributed by atoms with Gasteiger partial charge in [0.2, 0.25) is 0 Å². The zero-order valence-corrected chi connectivity index (χ0v) is 15.5. The fourth-order valence-corrected chi connectivity index (χ4v) is 3.24. The topological polar surface area (TPSA) is 63.2 Å². The molecule has 1 amide bonds. The summed E-state index contributed by atoms with van der Waals surface area (Å²) in [5.41, 5.74) is 1.04. The molecule has 2 rings (SSSR count). The van der Waals surface area contributed by atoms with Gasteiger partial charge in [0.25, 0.3) is 5.91 Å². The molecule has 0 spiro atoms. The Hall–Kier alpha value is -1.56. The van der Waals surface area contributed by atoms with Crippen LogP contribution in [0.4, 0.5) is 0 Å². The Morgan fingerprint density at radius 1 is 1.12 bits per heavy atom. The van der Waals surface area contributed by atoms with Crippen LogP contribution >= 0.6 is 23.2 Å². The summed E-state index contributed by atoms with van der Waals surface area (Å²) in [6.45, 7) is 1.94. The number of carbonyl (C=O) groups excluding carboxylic acids is 1. The van der Waals surface area contributed by atoms with E-state index in [1.807, 2.05) is 19.1 Å². The molecular weight excluding hydrogens is 369 g/mol. The molecule has 0 aliphatic carbocycles. The highest BCUT2D eigenvalue weighted by atomic mass is 35.5. The molecule has 0 aliphatic rings. The van der Waals surface area contributed by atoms with Crippen LogP contribution in [0.2, 0.25) is 10.0 Å². The Bertz CT molecular complexity index is 849. The summed E-state index contributed by atoms with van der Waals surface area (Å²) >= 11 is 11.9. The van der Waals surface area contributed by atoms with Gasteiger partial charge in [-0.1, -0.05) is 42.3 Å². The average Bonchev–Trinajstić information content (AvgIpc) is 2.52. The van der Waals surface area contributed by atoms with Crippen molar-refractivity contribution in [1.29, 1.82) is 0 Å². The normalized spacial score (nSPS) is 12.7. The molecule has 1 atom stereocenters. The lowest BCUT2D eigenvalue weighted by Gasteiger charge is -2.18. The molecule has 24 heavy (non-hydrogen) atoms. The molecule has 0 heterocycles. The van der Waals surface area contributed by atoms with Gasteiger partial charge in [0, 0.05) is 11.3 Å². The number of carbonyl (C=O) groups is 1. The number of rotatable bonds is 5. The van der Waals surface area contributed by atoms with E-state index >= 15 is 0 Å². The number of sulfone groups is 1. The fourth-order valence-electron chi connectivity index (χ4n) is 2.26. The first-order valence-corrected chi connectivity index (χ1v) is 9.93. The van der Waals surface area contributed by atoms with Gasteiger partial charge in [-0.3, -0.25) is 4.79 Å². The van der Waals surface area contributed by atoms with Crippen LogP contribution in [0, 0.1) is 0 Å². The summed E-state index contributed by atoms with van der Waals surface area (Å²) in [4.78, 5) is 12.6. The van der Waals surface area contributed by atoms with Crippen LogP contribution in [0.5, 0.6) is 0 Å². The molecule has 0 fully saturated rings. The summed E-state index contributed by atoms with van der Waals surface area (Å²) < 4.78 is 23.3. The quantitative estimate of drug-likeness (QED) is 0.835. The summed E-state index contributed by atoms with van der Waals surface area (Å²) in [7, 11) is -3.42. The number of hydrogen-bond acceptors (Lipinski definition) is 3. The van der Waals surface area contributed by atoms with Crippen LogP contribution in [-0.4, -0.2) is 20.6 Å². The van der Waals surface area contributed by atoms with Crippen molar-refractivity contribution < 1.29 is 13.2 Å². The molecular formula is C17H17Cl2NO3S. The number of amides is 1. The van der Waals surface area contributed by atoms with Crippen LogP contribution in [0.1, 0.15) is 35.3 Å². The van der Waals surface area contributed by atoms with Crippen LogP contribution in [0.15, 0.2) is 47.4 Å². The third-order valence-corrected chi connectivity index (χ3v) is 5.29. The molecule has 0 bridgehead atoms. The van der Waals surface area contributed by atoms with E-state index in [1.54, 1.807) is 12.1 Å². The van der Waals surface area contributed by atoms with Crippen LogP contribution in [0.25, 0.3) is 0 Å². The smallest absolute Gasteiger partial charge is 0.253 e.